The first-order valence-electron chi connectivity index (χ1n) is 6.95. The lowest BCUT2D eigenvalue weighted by Gasteiger charge is -2.27. The van der Waals surface area contributed by atoms with E-state index in [4.69, 9.17) is 16.3 Å². The quantitative estimate of drug-likeness (QED) is 0.532. The molecule has 1 heterocycles. The molecule has 23 heavy (non-hydrogen) atoms. The number of non-ortho nitro benzene ring substituents is 1. The first kappa shape index (κ1) is 18.6. The largest absolute Gasteiger partial charge is 0.377 e. The van der Waals surface area contributed by atoms with Crippen LogP contribution < -0.4 is 0 Å². The summed E-state index contributed by atoms with van der Waals surface area (Å²) in [6, 6.07) is 2.15. The van der Waals surface area contributed by atoms with E-state index in [-0.39, 0.29) is 32.7 Å². The summed E-state index contributed by atoms with van der Waals surface area (Å²) in [6.07, 6.45) is 2.56. The van der Waals surface area contributed by atoms with Crippen LogP contribution >= 0.6 is 27.5 Å². The molecule has 0 amide bonds. The Labute approximate surface area is 147 Å². The highest BCUT2D eigenvalue weighted by atomic mass is 79.9. The van der Waals surface area contributed by atoms with Gasteiger partial charge in [-0.2, -0.15) is 4.31 Å². The van der Waals surface area contributed by atoms with Crippen molar-refractivity contribution in [1.29, 1.82) is 0 Å². The predicted molar refractivity (Wildman–Crippen MR) is 89.2 cm³/mol. The number of hydrogen-bond donors (Lipinski definition) is 0. The lowest BCUT2D eigenvalue weighted by Crippen LogP contribution is -2.37. The molecule has 0 unspecified atom stereocenters. The zero-order chi connectivity index (χ0) is 17.2. The van der Waals surface area contributed by atoms with Gasteiger partial charge in [-0.15, -0.1) is 0 Å². The van der Waals surface area contributed by atoms with Crippen LogP contribution in [0.3, 0.4) is 0 Å². The summed E-state index contributed by atoms with van der Waals surface area (Å²) in [4.78, 5) is 9.99. The fourth-order valence-electron chi connectivity index (χ4n) is 2.35. The molecule has 0 radical (unpaired) electrons. The Morgan fingerprint density at radius 1 is 1.48 bits per heavy atom. The van der Waals surface area contributed by atoms with Crippen LogP contribution in [0.2, 0.25) is 5.02 Å². The Morgan fingerprint density at radius 2 is 2.17 bits per heavy atom. The predicted octanol–water partition coefficient (Wildman–Crippen LogP) is 3.20. The van der Waals surface area contributed by atoms with Crippen LogP contribution in [0.15, 0.2) is 21.5 Å². The molecular weight excluding hydrogens is 412 g/mol. The zero-order valence-corrected chi connectivity index (χ0v) is 15.5. The van der Waals surface area contributed by atoms with Crippen molar-refractivity contribution < 1.29 is 18.1 Å². The van der Waals surface area contributed by atoms with E-state index in [1.54, 1.807) is 0 Å². The van der Waals surface area contributed by atoms with E-state index in [9.17, 15) is 18.5 Å². The molecule has 1 aliphatic rings. The molecule has 1 aliphatic heterocycles. The molecule has 1 saturated heterocycles. The van der Waals surface area contributed by atoms with Gasteiger partial charge in [0.05, 0.1) is 16.0 Å². The van der Waals surface area contributed by atoms with Crippen molar-refractivity contribution in [1.82, 2.24) is 4.31 Å². The zero-order valence-electron chi connectivity index (χ0n) is 12.4. The van der Waals surface area contributed by atoms with Crippen molar-refractivity contribution in [3.63, 3.8) is 0 Å². The van der Waals surface area contributed by atoms with Crippen LogP contribution in [0.4, 0.5) is 5.69 Å². The average Bonchev–Trinajstić information content (AvgIpc) is 2.50. The minimum Gasteiger partial charge on any atom is -0.377 e. The van der Waals surface area contributed by atoms with Crippen molar-refractivity contribution in [3.8, 4) is 0 Å². The number of halogens is 2. The van der Waals surface area contributed by atoms with E-state index in [1.165, 1.54) is 13.1 Å². The number of ether oxygens (including phenoxy) is 1. The molecule has 0 N–H and O–H groups in total. The molecule has 1 aromatic rings. The Balaban J connectivity index is 2.32. The summed E-state index contributed by atoms with van der Waals surface area (Å²) in [7, 11) is -2.55. The second-order valence-corrected chi connectivity index (χ2v) is 8.52. The van der Waals surface area contributed by atoms with Crippen LogP contribution in [0.1, 0.15) is 19.3 Å². The molecule has 0 aliphatic carbocycles. The van der Waals surface area contributed by atoms with Crippen molar-refractivity contribution in [3.05, 3.63) is 31.7 Å². The Hall–Kier alpha value is -0.740. The first-order chi connectivity index (χ1) is 10.7. The smallest absolute Gasteiger partial charge is 0.272 e. The highest BCUT2D eigenvalue weighted by Crippen LogP contribution is 2.35. The van der Waals surface area contributed by atoms with E-state index >= 15 is 0 Å². The average molecular weight is 428 g/mol. The standard InChI is InChI=1S/C13H16BrClN2O5S/c1-16(8-10-4-2-3-5-22-10)23(20,21)12-7-9(17(18)19)6-11(14)13(12)15/h6-7,10H,2-5,8H2,1H3/t10-/m0/s1. The molecule has 1 atom stereocenters. The molecule has 0 bridgehead atoms. The van der Waals surface area contributed by atoms with Crippen LogP contribution in [0, 0.1) is 10.1 Å². The summed E-state index contributed by atoms with van der Waals surface area (Å²) < 4.78 is 32.2. The van der Waals surface area contributed by atoms with Gasteiger partial charge in [-0.25, -0.2) is 8.42 Å². The minimum absolute atomic E-state index is 0.0768. The number of rotatable bonds is 5. The monoisotopic (exact) mass is 426 g/mol. The van der Waals surface area contributed by atoms with Gasteiger partial charge in [0, 0.05) is 36.8 Å². The Morgan fingerprint density at radius 3 is 2.74 bits per heavy atom. The number of nitro groups is 1. The third-order valence-corrected chi connectivity index (χ3v) is 6.83. The third-order valence-electron chi connectivity index (χ3n) is 3.61. The van der Waals surface area contributed by atoms with Gasteiger partial charge in [0.1, 0.15) is 4.90 Å². The molecule has 2 rings (SSSR count). The van der Waals surface area contributed by atoms with Crippen molar-refractivity contribution >= 4 is 43.2 Å². The Kier molecular flexibility index (Phi) is 6.01. The number of benzene rings is 1. The topological polar surface area (TPSA) is 89.8 Å². The van der Waals surface area contributed by atoms with E-state index in [1.807, 2.05) is 0 Å². The number of likely N-dealkylation sites (N-methyl/N-ethyl adjacent to an activating group) is 1. The summed E-state index contributed by atoms with van der Waals surface area (Å²) in [6.45, 7) is 0.792. The first-order valence-corrected chi connectivity index (χ1v) is 9.56. The lowest BCUT2D eigenvalue weighted by molar-refractivity contribution is -0.385. The summed E-state index contributed by atoms with van der Waals surface area (Å²) in [5, 5.41) is 10.9. The fourth-order valence-corrected chi connectivity index (χ4v) is 4.63. The molecular formula is C13H16BrClN2O5S. The SMILES string of the molecule is CN(C[C@@H]1CCCCO1)S(=O)(=O)c1cc([N+](=O)[O-])cc(Br)c1Cl. The third kappa shape index (κ3) is 4.21. The molecule has 0 aromatic heterocycles. The van der Waals surface area contributed by atoms with Crippen LogP contribution in [-0.2, 0) is 14.8 Å². The number of hydrogen-bond acceptors (Lipinski definition) is 5. The van der Waals surface area contributed by atoms with Gasteiger partial charge in [0.2, 0.25) is 10.0 Å². The van der Waals surface area contributed by atoms with Gasteiger partial charge in [-0.05, 0) is 35.2 Å². The van der Waals surface area contributed by atoms with E-state index in [0.29, 0.717) is 6.61 Å². The van der Waals surface area contributed by atoms with Gasteiger partial charge >= 0.3 is 0 Å². The summed E-state index contributed by atoms with van der Waals surface area (Å²) in [5.74, 6) is 0. The molecule has 7 nitrogen and oxygen atoms in total. The Bertz CT molecular complexity index is 707. The number of nitrogens with zero attached hydrogens (tertiary/aromatic N) is 2. The second-order valence-electron chi connectivity index (χ2n) is 5.27. The van der Waals surface area contributed by atoms with Crippen molar-refractivity contribution in [2.75, 3.05) is 20.2 Å². The van der Waals surface area contributed by atoms with Crippen LogP contribution in [-0.4, -0.2) is 43.9 Å². The van der Waals surface area contributed by atoms with E-state index < -0.39 is 14.9 Å². The molecule has 1 fully saturated rings. The maximum atomic E-state index is 12.7. The van der Waals surface area contributed by atoms with Crippen molar-refractivity contribution in [2.24, 2.45) is 0 Å². The van der Waals surface area contributed by atoms with Gasteiger partial charge in [-0.1, -0.05) is 11.6 Å². The van der Waals surface area contributed by atoms with Crippen LogP contribution in [0.5, 0.6) is 0 Å². The van der Waals surface area contributed by atoms with Crippen LogP contribution in [0.25, 0.3) is 0 Å². The van der Waals surface area contributed by atoms with Gasteiger partial charge in [0.25, 0.3) is 5.69 Å². The highest BCUT2D eigenvalue weighted by Gasteiger charge is 2.30. The maximum Gasteiger partial charge on any atom is 0.272 e. The minimum atomic E-state index is -3.96. The second kappa shape index (κ2) is 7.43. The van der Waals surface area contributed by atoms with Gasteiger partial charge in [-0.3, -0.25) is 10.1 Å². The van der Waals surface area contributed by atoms with Gasteiger partial charge < -0.3 is 4.74 Å². The molecule has 128 valence electrons. The number of nitro benzene ring substituents is 1. The lowest BCUT2D eigenvalue weighted by atomic mass is 10.1. The van der Waals surface area contributed by atoms with Crippen molar-refractivity contribution in [2.45, 2.75) is 30.3 Å². The van der Waals surface area contributed by atoms with Gasteiger partial charge in [0.15, 0.2) is 0 Å². The van der Waals surface area contributed by atoms with E-state index in [0.717, 1.165) is 29.6 Å². The number of sulfonamides is 1. The highest BCUT2D eigenvalue weighted by molar-refractivity contribution is 9.10. The maximum absolute atomic E-state index is 12.7. The molecule has 0 saturated carbocycles. The summed E-state index contributed by atoms with van der Waals surface area (Å²) in [5.41, 5.74) is -0.345. The molecule has 0 spiro atoms. The fraction of sp³-hybridized carbons (Fsp3) is 0.538. The molecule has 1 aromatic carbocycles. The summed E-state index contributed by atoms with van der Waals surface area (Å²) >= 11 is 9.10. The molecule has 10 heteroatoms. The normalized spacial score (nSPS) is 19.0. The van der Waals surface area contributed by atoms with E-state index in [2.05, 4.69) is 15.9 Å².